The van der Waals surface area contributed by atoms with Gasteiger partial charge >= 0.3 is 0 Å². The van der Waals surface area contributed by atoms with Crippen LogP contribution < -0.4 is 9.47 Å². The van der Waals surface area contributed by atoms with Gasteiger partial charge in [-0.1, -0.05) is 6.08 Å². The Kier molecular flexibility index (Phi) is 6.32. The van der Waals surface area contributed by atoms with Crippen LogP contribution in [0.2, 0.25) is 0 Å². The molecule has 1 N–H and O–H groups in total. The Labute approximate surface area is 202 Å². The minimum atomic E-state index is -0.581. The van der Waals surface area contributed by atoms with E-state index in [-0.39, 0.29) is 6.04 Å². The van der Waals surface area contributed by atoms with Crippen molar-refractivity contribution < 1.29 is 19.1 Å². The van der Waals surface area contributed by atoms with Crippen molar-refractivity contribution in [2.75, 3.05) is 20.8 Å². The first kappa shape index (κ1) is 22.9. The van der Waals surface area contributed by atoms with Crippen LogP contribution in [-0.2, 0) is 6.54 Å². The molecule has 3 aromatic rings. The molecule has 2 aliphatic heterocycles. The third kappa shape index (κ3) is 3.97. The van der Waals surface area contributed by atoms with E-state index in [0.29, 0.717) is 12.0 Å². The predicted molar refractivity (Wildman–Crippen MR) is 135 cm³/mol. The Morgan fingerprint density at radius 2 is 1.82 bits per heavy atom. The average molecular weight is 460 g/mol. The molecule has 34 heavy (non-hydrogen) atoms. The lowest BCUT2D eigenvalue weighted by Gasteiger charge is -2.57. The van der Waals surface area contributed by atoms with Crippen LogP contribution in [0.4, 0.5) is 0 Å². The number of pyridine rings is 1. The number of nitrogens with zero attached hydrogens (tertiary/aromatic N) is 2. The number of quaternary nitrogens is 1. The van der Waals surface area contributed by atoms with E-state index in [2.05, 4.69) is 29.8 Å². The molecule has 5 rings (SSSR count). The van der Waals surface area contributed by atoms with E-state index in [0.717, 1.165) is 64.8 Å². The fourth-order valence-corrected chi connectivity index (χ4v) is 6.31. The van der Waals surface area contributed by atoms with Crippen molar-refractivity contribution in [1.29, 1.82) is 0 Å². The van der Waals surface area contributed by atoms with Gasteiger partial charge in [-0.2, -0.15) is 0 Å². The molecular formula is C29H35N2O3+. The largest absolute Gasteiger partial charge is 0.497 e. The lowest BCUT2D eigenvalue weighted by atomic mass is 9.85. The molecule has 0 saturated carbocycles. The summed E-state index contributed by atoms with van der Waals surface area (Å²) >= 11 is 0. The molecule has 1 aromatic heterocycles. The second-order valence-electron chi connectivity index (χ2n) is 9.88. The van der Waals surface area contributed by atoms with Gasteiger partial charge in [0.1, 0.15) is 30.2 Å². The highest BCUT2D eigenvalue weighted by Gasteiger charge is 2.55. The summed E-state index contributed by atoms with van der Waals surface area (Å²) in [6.07, 6.45) is 7.75. The maximum absolute atomic E-state index is 12.0. The van der Waals surface area contributed by atoms with Gasteiger partial charge in [0.15, 0.2) is 0 Å². The van der Waals surface area contributed by atoms with E-state index >= 15 is 0 Å². The number of rotatable bonds is 7. The van der Waals surface area contributed by atoms with Crippen LogP contribution >= 0.6 is 0 Å². The molecule has 3 heterocycles. The summed E-state index contributed by atoms with van der Waals surface area (Å²) < 4.78 is 11.8. The van der Waals surface area contributed by atoms with Crippen LogP contribution in [0.5, 0.6) is 11.5 Å². The summed E-state index contributed by atoms with van der Waals surface area (Å²) in [5, 5.41) is 13.0. The number of aliphatic hydroxyl groups is 1. The van der Waals surface area contributed by atoms with E-state index in [1.54, 1.807) is 14.2 Å². The highest BCUT2D eigenvalue weighted by atomic mass is 16.5. The molecule has 0 amide bonds. The first-order valence-electron chi connectivity index (χ1n) is 12.3. The van der Waals surface area contributed by atoms with Crippen molar-refractivity contribution >= 4 is 10.9 Å². The van der Waals surface area contributed by atoms with E-state index in [9.17, 15) is 5.11 Å². The first-order chi connectivity index (χ1) is 16.6. The van der Waals surface area contributed by atoms with Crippen LogP contribution in [0.3, 0.4) is 0 Å². The normalized spacial score (nSPS) is 27.2. The lowest BCUT2D eigenvalue weighted by molar-refractivity contribution is -1.02. The minimum Gasteiger partial charge on any atom is -0.497 e. The smallest absolute Gasteiger partial charge is 0.131 e. The van der Waals surface area contributed by atoms with Crippen molar-refractivity contribution in [2.45, 2.75) is 50.4 Å². The van der Waals surface area contributed by atoms with Crippen LogP contribution in [0.25, 0.3) is 10.9 Å². The molecule has 2 saturated heterocycles. The molecule has 0 spiro atoms. The fraction of sp³-hybridized carbons (Fsp3) is 0.414. The monoisotopic (exact) mass is 459 g/mol. The summed E-state index contributed by atoms with van der Waals surface area (Å²) in [5.41, 5.74) is 3.13. The number of ether oxygens (including phenoxy) is 2. The molecule has 5 unspecified atom stereocenters. The molecule has 5 nitrogen and oxygen atoms in total. The van der Waals surface area contributed by atoms with Gasteiger partial charge in [0.2, 0.25) is 0 Å². The summed E-state index contributed by atoms with van der Waals surface area (Å²) in [6.45, 7) is 6.13. The lowest BCUT2D eigenvalue weighted by Crippen LogP contribution is -2.69. The minimum absolute atomic E-state index is 0.114. The zero-order valence-electron chi connectivity index (χ0n) is 20.2. The van der Waals surface area contributed by atoms with E-state index in [4.69, 9.17) is 9.47 Å². The highest BCUT2D eigenvalue weighted by Crippen LogP contribution is 2.48. The number of hydrogen-bond acceptors (Lipinski definition) is 4. The molecule has 5 heteroatoms. The maximum atomic E-state index is 12.0. The molecule has 178 valence electrons. The Bertz CT molecular complexity index is 1160. The molecule has 2 aliphatic rings. The van der Waals surface area contributed by atoms with Gasteiger partial charge in [0, 0.05) is 36.4 Å². The van der Waals surface area contributed by atoms with Crippen molar-refractivity contribution in [1.82, 2.24) is 4.98 Å². The quantitative estimate of drug-likeness (QED) is 0.378. The second kappa shape index (κ2) is 9.40. The Morgan fingerprint density at radius 1 is 1.06 bits per heavy atom. The third-order valence-corrected chi connectivity index (χ3v) is 8.31. The number of hydrogen-bond donors (Lipinski definition) is 1. The van der Waals surface area contributed by atoms with Crippen molar-refractivity contribution in [2.24, 2.45) is 5.92 Å². The summed E-state index contributed by atoms with van der Waals surface area (Å²) in [4.78, 5) is 4.54. The molecule has 0 radical (unpaired) electrons. The molecule has 0 bridgehead atoms. The van der Waals surface area contributed by atoms with Gasteiger partial charge in [0.25, 0.3) is 0 Å². The summed E-state index contributed by atoms with van der Waals surface area (Å²) in [5.74, 6) is 2.16. The standard InChI is InChI=1S/C29H35N2O3/c1-4-20-7-12-28(29(32)25-13-15-30-27-11-10-24(34-3)18-26(25)27)31(16-14-22(31)17-20)19-21-5-8-23(33-2)9-6-21/h4-6,8-11,13,15,18,20,22,28-29,32H,1,7,12,14,16-17,19H2,2-3H3/q+1. The number of aliphatic hydroxyl groups excluding tert-OH is 1. The Balaban J connectivity index is 1.55. The van der Waals surface area contributed by atoms with Crippen LogP contribution in [0.1, 0.15) is 42.9 Å². The predicted octanol–water partition coefficient (Wildman–Crippen LogP) is 5.43. The maximum Gasteiger partial charge on any atom is 0.131 e. The number of benzene rings is 2. The summed E-state index contributed by atoms with van der Waals surface area (Å²) in [7, 11) is 3.38. The number of aromatic nitrogens is 1. The van der Waals surface area contributed by atoms with Gasteiger partial charge in [-0.15, -0.1) is 6.58 Å². The van der Waals surface area contributed by atoms with Gasteiger partial charge in [-0.25, -0.2) is 0 Å². The number of methoxy groups -OCH3 is 2. The van der Waals surface area contributed by atoms with Crippen molar-refractivity contribution in [3.63, 3.8) is 0 Å². The zero-order chi connectivity index (χ0) is 23.7. The molecule has 2 aromatic carbocycles. The number of allylic oxidation sites excluding steroid dienone is 1. The van der Waals surface area contributed by atoms with Crippen LogP contribution in [-0.4, -0.2) is 47.4 Å². The summed E-state index contributed by atoms with van der Waals surface area (Å²) in [6, 6.07) is 17.0. The van der Waals surface area contributed by atoms with Gasteiger partial charge in [-0.05, 0) is 66.4 Å². The number of fused-ring (bicyclic) bond motifs is 2. The van der Waals surface area contributed by atoms with E-state index < -0.39 is 6.10 Å². The third-order valence-electron chi connectivity index (χ3n) is 8.31. The second-order valence-corrected chi connectivity index (χ2v) is 9.88. The van der Waals surface area contributed by atoms with Gasteiger partial charge < -0.3 is 19.1 Å². The van der Waals surface area contributed by atoms with E-state index in [1.165, 1.54) is 12.0 Å². The van der Waals surface area contributed by atoms with Gasteiger partial charge in [-0.3, -0.25) is 4.98 Å². The van der Waals surface area contributed by atoms with Crippen LogP contribution in [0.15, 0.2) is 67.4 Å². The van der Waals surface area contributed by atoms with E-state index in [1.807, 2.05) is 42.6 Å². The average Bonchev–Trinajstić information content (AvgIpc) is 2.97. The highest BCUT2D eigenvalue weighted by molar-refractivity contribution is 5.83. The molecular weight excluding hydrogens is 424 g/mol. The molecule has 0 aliphatic carbocycles. The van der Waals surface area contributed by atoms with Crippen LogP contribution in [0, 0.1) is 5.92 Å². The fourth-order valence-electron chi connectivity index (χ4n) is 6.31. The SMILES string of the molecule is C=CC1CCC(C(O)c2ccnc3ccc(OC)cc23)[N+]2(Cc3ccc(OC)cc3)CCC2C1. The Morgan fingerprint density at radius 3 is 2.50 bits per heavy atom. The topological polar surface area (TPSA) is 51.6 Å². The van der Waals surface area contributed by atoms with Crippen molar-refractivity contribution in [3.8, 4) is 11.5 Å². The van der Waals surface area contributed by atoms with Crippen molar-refractivity contribution in [3.05, 3.63) is 78.5 Å². The van der Waals surface area contributed by atoms with Gasteiger partial charge in [0.05, 0.1) is 32.3 Å². The zero-order valence-corrected chi connectivity index (χ0v) is 20.2. The Hall–Kier alpha value is -2.89. The first-order valence-corrected chi connectivity index (χ1v) is 12.3. The molecule has 5 atom stereocenters. The molecule has 2 fully saturated rings.